The maximum atomic E-state index is 13.5. The van der Waals surface area contributed by atoms with Gasteiger partial charge in [-0.2, -0.15) is 0 Å². The van der Waals surface area contributed by atoms with Gasteiger partial charge in [-0.15, -0.1) is 0 Å². The van der Waals surface area contributed by atoms with E-state index in [1.54, 1.807) is 11.9 Å². The van der Waals surface area contributed by atoms with E-state index in [4.69, 9.17) is 0 Å². The molecule has 1 heterocycles. The molecule has 0 aliphatic carbocycles. The first-order chi connectivity index (χ1) is 9.28. The van der Waals surface area contributed by atoms with Gasteiger partial charge in [-0.05, 0) is 25.6 Å². The molecule has 110 valence electrons. The highest BCUT2D eigenvalue weighted by Crippen LogP contribution is 2.17. The SMILES string of the molecule is CN(CC(=O)c1ccc(F)cc1F)C1CCS(=O)(=O)C1. The molecule has 1 aromatic carbocycles. The lowest BCUT2D eigenvalue weighted by atomic mass is 10.1. The summed E-state index contributed by atoms with van der Waals surface area (Å²) in [5.41, 5.74) is -0.181. The van der Waals surface area contributed by atoms with E-state index in [1.807, 2.05) is 0 Å². The van der Waals surface area contributed by atoms with Crippen LogP contribution in [0.5, 0.6) is 0 Å². The van der Waals surface area contributed by atoms with Gasteiger partial charge in [-0.1, -0.05) is 0 Å². The van der Waals surface area contributed by atoms with Crippen LogP contribution in [-0.2, 0) is 9.84 Å². The van der Waals surface area contributed by atoms with Gasteiger partial charge in [0.25, 0.3) is 0 Å². The summed E-state index contributed by atoms with van der Waals surface area (Å²) in [4.78, 5) is 13.6. The number of likely N-dealkylation sites (N-methyl/N-ethyl adjacent to an activating group) is 1. The van der Waals surface area contributed by atoms with Crippen LogP contribution in [0.1, 0.15) is 16.8 Å². The van der Waals surface area contributed by atoms with E-state index in [1.165, 1.54) is 0 Å². The molecule has 0 bridgehead atoms. The maximum Gasteiger partial charge on any atom is 0.179 e. The van der Waals surface area contributed by atoms with Gasteiger partial charge in [-0.25, -0.2) is 17.2 Å². The van der Waals surface area contributed by atoms with Gasteiger partial charge in [0.05, 0.1) is 23.6 Å². The summed E-state index contributed by atoms with van der Waals surface area (Å²) >= 11 is 0. The summed E-state index contributed by atoms with van der Waals surface area (Å²) in [5.74, 6) is -2.00. The van der Waals surface area contributed by atoms with E-state index in [-0.39, 0.29) is 29.7 Å². The molecular formula is C13H15F2NO3S. The normalized spacial score (nSPS) is 21.3. The summed E-state index contributed by atoms with van der Waals surface area (Å²) in [6.07, 6.45) is 0.470. The lowest BCUT2D eigenvalue weighted by Gasteiger charge is -2.22. The molecule has 1 fully saturated rings. The number of sulfone groups is 1. The number of carbonyl (C=O) groups excluding carboxylic acids is 1. The highest BCUT2D eigenvalue weighted by atomic mass is 32.2. The van der Waals surface area contributed by atoms with E-state index in [9.17, 15) is 22.0 Å². The molecule has 1 aliphatic heterocycles. The average molecular weight is 303 g/mol. The molecule has 0 N–H and O–H groups in total. The van der Waals surface area contributed by atoms with E-state index in [0.717, 1.165) is 12.1 Å². The molecule has 1 unspecified atom stereocenters. The van der Waals surface area contributed by atoms with Gasteiger partial charge in [0, 0.05) is 12.1 Å². The minimum absolute atomic E-state index is 0.0165. The molecular weight excluding hydrogens is 288 g/mol. The van der Waals surface area contributed by atoms with E-state index < -0.39 is 27.3 Å². The van der Waals surface area contributed by atoms with Crippen LogP contribution in [0.3, 0.4) is 0 Å². The first kappa shape index (κ1) is 15.1. The van der Waals surface area contributed by atoms with Crippen LogP contribution in [0.15, 0.2) is 18.2 Å². The zero-order valence-electron chi connectivity index (χ0n) is 11.0. The molecule has 0 radical (unpaired) electrons. The summed E-state index contributed by atoms with van der Waals surface area (Å²) in [6.45, 7) is -0.0945. The van der Waals surface area contributed by atoms with Crippen molar-refractivity contribution >= 4 is 15.6 Å². The van der Waals surface area contributed by atoms with E-state index in [0.29, 0.717) is 12.5 Å². The highest BCUT2D eigenvalue weighted by Gasteiger charge is 2.31. The molecule has 0 aromatic heterocycles. The number of rotatable bonds is 4. The van der Waals surface area contributed by atoms with Crippen molar-refractivity contribution in [2.45, 2.75) is 12.5 Å². The Hall–Kier alpha value is -1.34. The van der Waals surface area contributed by atoms with Crippen molar-refractivity contribution in [3.63, 3.8) is 0 Å². The van der Waals surface area contributed by atoms with Crippen molar-refractivity contribution < 1.29 is 22.0 Å². The van der Waals surface area contributed by atoms with Gasteiger partial charge in [-0.3, -0.25) is 9.69 Å². The fourth-order valence-corrected chi connectivity index (χ4v) is 4.08. The number of Topliss-reactive ketones (excluding diaryl/α,β-unsaturated/α-hetero) is 1. The predicted octanol–water partition coefficient (Wildman–Crippen LogP) is 1.27. The number of hydrogen-bond acceptors (Lipinski definition) is 4. The van der Waals surface area contributed by atoms with Crippen LogP contribution in [0.2, 0.25) is 0 Å². The van der Waals surface area contributed by atoms with Gasteiger partial charge < -0.3 is 0 Å². The Morgan fingerprint density at radius 3 is 2.65 bits per heavy atom. The average Bonchev–Trinajstić information content (AvgIpc) is 2.69. The fourth-order valence-electron chi connectivity index (χ4n) is 2.28. The Morgan fingerprint density at radius 1 is 1.40 bits per heavy atom. The third kappa shape index (κ3) is 3.40. The number of hydrogen-bond donors (Lipinski definition) is 0. The minimum Gasteiger partial charge on any atom is -0.295 e. The Bertz CT molecular complexity index is 631. The van der Waals surface area contributed by atoms with Crippen molar-refractivity contribution in [3.8, 4) is 0 Å². The second kappa shape index (κ2) is 5.57. The molecule has 2 rings (SSSR count). The number of benzene rings is 1. The van der Waals surface area contributed by atoms with Crippen molar-refractivity contribution in [3.05, 3.63) is 35.4 Å². The summed E-state index contributed by atoms with van der Waals surface area (Å²) in [5, 5.41) is 0. The highest BCUT2D eigenvalue weighted by molar-refractivity contribution is 7.91. The number of ketones is 1. The maximum absolute atomic E-state index is 13.5. The third-order valence-corrected chi connectivity index (χ3v) is 5.21. The number of carbonyl (C=O) groups is 1. The molecule has 0 amide bonds. The van der Waals surface area contributed by atoms with Crippen molar-refractivity contribution in [2.75, 3.05) is 25.1 Å². The predicted molar refractivity (Wildman–Crippen MR) is 70.4 cm³/mol. The van der Waals surface area contributed by atoms with Gasteiger partial charge >= 0.3 is 0 Å². The topological polar surface area (TPSA) is 54.5 Å². The van der Waals surface area contributed by atoms with Gasteiger partial charge in [0.1, 0.15) is 11.6 Å². The van der Waals surface area contributed by atoms with Crippen LogP contribution < -0.4 is 0 Å². The van der Waals surface area contributed by atoms with Crippen molar-refractivity contribution in [1.29, 1.82) is 0 Å². The summed E-state index contributed by atoms with van der Waals surface area (Å²) in [6, 6.07) is 2.56. The van der Waals surface area contributed by atoms with Crippen LogP contribution in [0, 0.1) is 11.6 Å². The summed E-state index contributed by atoms with van der Waals surface area (Å²) in [7, 11) is -1.40. The van der Waals surface area contributed by atoms with Crippen LogP contribution >= 0.6 is 0 Å². The fraction of sp³-hybridized carbons (Fsp3) is 0.462. The Labute approximate surface area is 116 Å². The van der Waals surface area contributed by atoms with Gasteiger partial charge in [0.15, 0.2) is 15.6 Å². The first-order valence-corrected chi connectivity index (χ1v) is 7.99. The molecule has 1 aromatic rings. The van der Waals surface area contributed by atoms with Gasteiger partial charge in [0.2, 0.25) is 0 Å². The lowest BCUT2D eigenvalue weighted by molar-refractivity contribution is 0.0922. The standard InChI is InChI=1S/C13H15F2NO3S/c1-16(10-4-5-20(18,19)8-10)7-13(17)11-3-2-9(14)6-12(11)15/h2-3,6,10H,4-5,7-8H2,1H3. The molecule has 20 heavy (non-hydrogen) atoms. The smallest absolute Gasteiger partial charge is 0.179 e. The molecule has 0 spiro atoms. The molecule has 1 saturated heterocycles. The molecule has 0 saturated carbocycles. The minimum atomic E-state index is -3.03. The van der Waals surface area contributed by atoms with Crippen molar-refractivity contribution in [1.82, 2.24) is 4.90 Å². The van der Waals surface area contributed by atoms with E-state index >= 15 is 0 Å². The van der Waals surface area contributed by atoms with Crippen LogP contribution in [0.4, 0.5) is 8.78 Å². The first-order valence-electron chi connectivity index (χ1n) is 6.17. The molecule has 1 aliphatic rings. The Balaban J connectivity index is 2.04. The monoisotopic (exact) mass is 303 g/mol. The zero-order valence-corrected chi connectivity index (χ0v) is 11.8. The van der Waals surface area contributed by atoms with E-state index in [2.05, 4.69) is 0 Å². The quantitative estimate of drug-likeness (QED) is 0.786. The molecule has 1 atom stereocenters. The van der Waals surface area contributed by atoms with Crippen LogP contribution in [-0.4, -0.2) is 50.2 Å². The largest absolute Gasteiger partial charge is 0.295 e. The lowest BCUT2D eigenvalue weighted by Crippen LogP contribution is -2.36. The zero-order chi connectivity index (χ0) is 14.9. The summed E-state index contributed by atoms with van der Waals surface area (Å²) < 4.78 is 49.0. The molecule has 7 heteroatoms. The third-order valence-electron chi connectivity index (χ3n) is 3.46. The second-order valence-electron chi connectivity index (χ2n) is 5.02. The Morgan fingerprint density at radius 2 is 2.10 bits per heavy atom. The Kier molecular flexibility index (Phi) is 4.19. The van der Waals surface area contributed by atoms with Crippen LogP contribution in [0.25, 0.3) is 0 Å². The molecule has 4 nitrogen and oxygen atoms in total. The number of nitrogens with zero attached hydrogens (tertiary/aromatic N) is 1. The second-order valence-corrected chi connectivity index (χ2v) is 7.25. The van der Waals surface area contributed by atoms with Crippen molar-refractivity contribution in [2.24, 2.45) is 0 Å². The number of halogens is 2.